The van der Waals surface area contributed by atoms with E-state index in [1.54, 1.807) is 32.7 Å². The second kappa shape index (κ2) is 9.41. The second-order valence-corrected chi connectivity index (χ2v) is 6.12. The van der Waals surface area contributed by atoms with Gasteiger partial charge >= 0.3 is 0 Å². The highest BCUT2D eigenvalue weighted by Gasteiger charge is 2.09. The first-order chi connectivity index (χ1) is 13.7. The van der Waals surface area contributed by atoms with Gasteiger partial charge in [0.1, 0.15) is 11.5 Å². The molecule has 144 valence electrons. The Hall–Kier alpha value is -3.54. The first-order valence-corrected chi connectivity index (χ1v) is 8.92. The summed E-state index contributed by atoms with van der Waals surface area (Å²) in [6.45, 7) is 0.944. The molecule has 0 bridgehead atoms. The first kappa shape index (κ1) is 19.2. The van der Waals surface area contributed by atoms with Crippen LogP contribution in [0.15, 0.2) is 67.0 Å². The molecule has 0 saturated carbocycles. The van der Waals surface area contributed by atoms with Crippen LogP contribution in [0, 0.1) is 0 Å². The van der Waals surface area contributed by atoms with Gasteiger partial charge in [-0.3, -0.25) is 9.78 Å². The Morgan fingerprint density at radius 3 is 2.14 bits per heavy atom. The number of para-hydroxylation sites is 2. The number of carbonyl (C=O) groups is 1. The fourth-order valence-electron chi connectivity index (χ4n) is 2.83. The predicted molar refractivity (Wildman–Crippen MR) is 109 cm³/mol. The van der Waals surface area contributed by atoms with Gasteiger partial charge in [0.2, 0.25) is 0 Å². The van der Waals surface area contributed by atoms with Gasteiger partial charge in [0.25, 0.3) is 5.91 Å². The third kappa shape index (κ3) is 4.79. The number of hydrogen-bond donors (Lipinski definition) is 2. The molecular formula is C22H23N3O3. The molecule has 3 aromatic rings. The number of ether oxygens (including phenoxy) is 2. The van der Waals surface area contributed by atoms with E-state index in [1.165, 1.54) is 0 Å². The lowest BCUT2D eigenvalue weighted by atomic mass is 10.2. The van der Waals surface area contributed by atoms with Gasteiger partial charge < -0.3 is 20.1 Å². The Balaban J connectivity index is 1.63. The fourth-order valence-corrected chi connectivity index (χ4v) is 2.83. The summed E-state index contributed by atoms with van der Waals surface area (Å²) in [4.78, 5) is 16.7. The van der Waals surface area contributed by atoms with E-state index in [1.807, 2.05) is 48.5 Å². The van der Waals surface area contributed by atoms with Gasteiger partial charge in [-0.15, -0.1) is 0 Å². The molecule has 0 atom stereocenters. The van der Waals surface area contributed by atoms with Crippen LogP contribution < -0.4 is 20.1 Å². The number of amides is 1. The summed E-state index contributed by atoms with van der Waals surface area (Å²) in [6, 6.07) is 17.2. The van der Waals surface area contributed by atoms with Gasteiger partial charge in [-0.05, 0) is 18.2 Å². The number of carbonyl (C=O) groups excluding carboxylic acids is 1. The van der Waals surface area contributed by atoms with Crippen LogP contribution in [0.1, 0.15) is 21.5 Å². The number of anilines is 1. The highest BCUT2D eigenvalue weighted by atomic mass is 16.5. The number of nitrogens with zero attached hydrogens (tertiary/aromatic N) is 1. The van der Waals surface area contributed by atoms with Crippen LogP contribution in [-0.4, -0.2) is 25.1 Å². The van der Waals surface area contributed by atoms with Crippen molar-refractivity contribution in [3.63, 3.8) is 0 Å². The SMILES string of the molecule is COc1ccccc1CNC(=O)c1cncc(NCc2ccccc2OC)c1. The van der Waals surface area contributed by atoms with Gasteiger partial charge in [0, 0.05) is 36.6 Å². The molecule has 0 aliphatic carbocycles. The molecule has 1 aromatic heterocycles. The Labute approximate surface area is 164 Å². The van der Waals surface area contributed by atoms with Crippen molar-refractivity contribution in [2.75, 3.05) is 19.5 Å². The summed E-state index contributed by atoms with van der Waals surface area (Å²) < 4.78 is 10.7. The Kier molecular flexibility index (Phi) is 6.46. The van der Waals surface area contributed by atoms with E-state index in [9.17, 15) is 4.79 Å². The summed E-state index contributed by atoms with van der Waals surface area (Å²) >= 11 is 0. The van der Waals surface area contributed by atoms with Gasteiger partial charge in [-0.1, -0.05) is 36.4 Å². The molecule has 0 aliphatic rings. The predicted octanol–water partition coefficient (Wildman–Crippen LogP) is 3.64. The maximum Gasteiger partial charge on any atom is 0.253 e. The molecule has 28 heavy (non-hydrogen) atoms. The molecule has 6 heteroatoms. The fraction of sp³-hybridized carbons (Fsp3) is 0.182. The number of nitrogens with one attached hydrogen (secondary N) is 2. The summed E-state index contributed by atoms with van der Waals surface area (Å²) in [7, 11) is 3.26. The van der Waals surface area contributed by atoms with Crippen molar-refractivity contribution >= 4 is 11.6 Å². The second-order valence-electron chi connectivity index (χ2n) is 6.12. The van der Waals surface area contributed by atoms with Crippen molar-refractivity contribution < 1.29 is 14.3 Å². The van der Waals surface area contributed by atoms with E-state index >= 15 is 0 Å². The van der Waals surface area contributed by atoms with Gasteiger partial charge in [-0.2, -0.15) is 0 Å². The average molecular weight is 377 g/mol. The molecule has 0 aliphatic heterocycles. The number of methoxy groups -OCH3 is 2. The van der Waals surface area contributed by atoms with Crippen molar-refractivity contribution in [3.05, 3.63) is 83.7 Å². The van der Waals surface area contributed by atoms with E-state index in [4.69, 9.17) is 9.47 Å². The minimum atomic E-state index is -0.195. The molecule has 3 rings (SSSR count). The Morgan fingerprint density at radius 2 is 1.50 bits per heavy atom. The summed E-state index contributed by atoms with van der Waals surface area (Å²) in [5.74, 6) is 1.36. The quantitative estimate of drug-likeness (QED) is 0.627. The van der Waals surface area contributed by atoms with Crippen molar-refractivity contribution in [2.45, 2.75) is 13.1 Å². The van der Waals surface area contributed by atoms with Crippen LogP contribution in [-0.2, 0) is 13.1 Å². The minimum Gasteiger partial charge on any atom is -0.496 e. The smallest absolute Gasteiger partial charge is 0.253 e. The number of pyridine rings is 1. The zero-order chi connectivity index (χ0) is 19.8. The summed E-state index contributed by atoms with van der Waals surface area (Å²) in [5.41, 5.74) is 3.18. The molecule has 0 spiro atoms. The van der Waals surface area contributed by atoms with Crippen LogP contribution >= 0.6 is 0 Å². The molecular weight excluding hydrogens is 354 g/mol. The van der Waals surface area contributed by atoms with Gasteiger partial charge in [0.05, 0.1) is 25.5 Å². The lowest BCUT2D eigenvalue weighted by Crippen LogP contribution is -2.23. The molecule has 2 N–H and O–H groups in total. The van der Waals surface area contributed by atoms with Crippen molar-refractivity contribution in [1.82, 2.24) is 10.3 Å². The van der Waals surface area contributed by atoms with E-state index in [0.717, 1.165) is 28.3 Å². The molecule has 0 unspecified atom stereocenters. The number of rotatable bonds is 8. The standard InChI is InChI=1S/C22H23N3O3/c1-27-20-9-5-3-7-16(20)13-24-19-11-18(12-23-15-19)22(26)25-14-17-8-4-6-10-21(17)28-2/h3-12,15,24H,13-14H2,1-2H3,(H,25,26). The zero-order valence-electron chi connectivity index (χ0n) is 15.9. The normalized spacial score (nSPS) is 10.2. The van der Waals surface area contributed by atoms with Crippen molar-refractivity contribution in [1.29, 1.82) is 0 Å². The lowest BCUT2D eigenvalue weighted by molar-refractivity contribution is 0.0950. The maximum absolute atomic E-state index is 12.5. The van der Waals surface area contributed by atoms with Crippen LogP contribution in [0.3, 0.4) is 0 Å². The Morgan fingerprint density at radius 1 is 0.893 bits per heavy atom. The summed E-state index contributed by atoms with van der Waals surface area (Å²) in [5, 5.41) is 6.18. The monoisotopic (exact) mass is 377 g/mol. The molecule has 1 heterocycles. The topological polar surface area (TPSA) is 72.5 Å². The molecule has 0 fully saturated rings. The van der Waals surface area contributed by atoms with Crippen molar-refractivity contribution in [2.24, 2.45) is 0 Å². The molecule has 1 amide bonds. The highest BCUT2D eigenvalue weighted by Crippen LogP contribution is 2.20. The maximum atomic E-state index is 12.5. The van der Waals surface area contributed by atoms with Crippen LogP contribution in [0.4, 0.5) is 5.69 Å². The van der Waals surface area contributed by atoms with Crippen molar-refractivity contribution in [3.8, 4) is 11.5 Å². The third-order valence-corrected chi connectivity index (χ3v) is 4.31. The summed E-state index contributed by atoms with van der Waals surface area (Å²) in [6.07, 6.45) is 3.23. The zero-order valence-corrected chi connectivity index (χ0v) is 15.9. The largest absolute Gasteiger partial charge is 0.496 e. The van der Waals surface area contributed by atoms with Gasteiger partial charge in [-0.25, -0.2) is 0 Å². The third-order valence-electron chi connectivity index (χ3n) is 4.31. The lowest BCUT2D eigenvalue weighted by Gasteiger charge is -2.12. The number of hydrogen-bond acceptors (Lipinski definition) is 5. The molecule has 2 aromatic carbocycles. The molecule has 0 radical (unpaired) electrons. The molecule has 6 nitrogen and oxygen atoms in total. The molecule has 0 saturated heterocycles. The van der Waals surface area contributed by atoms with Crippen LogP contribution in [0.5, 0.6) is 11.5 Å². The van der Waals surface area contributed by atoms with Gasteiger partial charge in [0.15, 0.2) is 0 Å². The van der Waals surface area contributed by atoms with E-state index in [2.05, 4.69) is 15.6 Å². The highest BCUT2D eigenvalue weighted by molar-refractivity contribution is 5.94. The number of aromatic nitrogens is 1. The van der Waals surface area contributed by atoms with E-state index in [-0.39, 0.29) is 5.91 Å². The minimum absolute atomic E-state index is 0.195. The average Bonchev–Trinajstić information content (AvgIpc) is 2.76. The number of benzene rings is 2. The van der Waals surface area contributed by atoms with E-state index in [0.29, 0.717) is 18.7 Å². The van der Waals surface area contributed by atoms with Crippen LogP contribution in [0.2, 0.25) is 0 Å². The first-order valence-electron chi connectivity index (χ1n) is 8.92. The van der Waals surface area contributed by atoms with E-state index < -0.39 is 0 Å². The Bertz CT molecular complexity index is 944. The van der Waals surface area contributed by atoms with Crippen LogP contribution in [0.25, 0.3) is 0 Å².